The zero-order chi connectivity index (χ0) is 18.1. The first-order chi connectivity index (χ1) is 12.6. The van der Waals surface area contributed by atoms with E-state index >= 15 is 0 Å². The van der Waals surface area contributed by atoms with Crippen LogP contribution in [0.3, 0.4) is 0 Å². The fraction of sp³-hybridized carbons (Fsp3) is 0.0500. The average Bonchev–Trinajstić information content (AvgIpc) is 3.08. The molecule has 2 aromatic heterocycles. The number of aromatic hydroxyl groups is 1. The maximum Gasteiger partial charge on any atom is 0.228 e. The lowest BCUT2D eigenvalue weighted by molar-refractivity contribution is 0.471. The van der Waals surface area contributed by atoms with E-state index in [1.807, 2.05) is 55.5 Å². The molecule has 0 saturated carbocycles. The van der Waals surface area contributed by atoms with Crippen molar-refractivity contribution in [2.24, 2.45) is 4.99 Å². The molecule has 0 unspecified atom stereocenters. The number of phenols is 1. The molecule has 0 spiro atoms. The number of aromatic nitrogens is 2. The van der Waals surface area contributed by atoms with Gasteiger partial charge in [-0.2, -0.15) is 4.98 Å². The van der Waals surface area contributed by atoms with Crippen molar-refractivity contribution in [3.8, 4) is 17.2 Å². The van der Waals surface area contributed by atoms with Crippen LogP contribution in [0, 0.1) is 6.92 Å². The smallest absolute Gasteiger partial charge is 0.228 e. The van der Waals surface area contributed by atoms with Crippen molar-refractivity contribution in [3.63, 3.8) is 0 Å². The molecule has 0 amide bonds. The van der Waals surface area contributed by atoms with Gasteiger partial charge in [-0.25, -0.2) is 4.98 Å². The van der Waals surface area contributed by atoms with Gasteiger partial charge in [-0.05, 0) is 76.9 Å². The Labute approximate surface area is 158 Å². The van der Waals surface area contributed by atoms with Gasteiger partial charge in [0.25, 0.3) is 0 Å². The highest BCUT2D eigenvalue weighted by molar-refractivity contribution is 9.10. The van der Waals surface area contributed by atoms with E-state index in [0.29, 0.717) is 27.2 Å². The van der Waals surface area contributed by atoms with Gasteiger partial charge in [0.1, 0.15) is 5.75 Å². The minimum Gasteiger partial charge on any atom is -0.506 e. The van der Waals surface area contributed by atoms with Gasteiger partial charge < -0.3 is 9.52 Å². The maximum atomic E-state index is 10.1. The third-order valence-corrected chi connectivity index (χ3v) is 4.47. The Kier molecular flexibility index (Phi) is 4.26. The van der Waals surface area contributed by atoms with Crippen LogP contribution in [0.2, 0.25) is 0 Å². The van der Waals surface area contributed by atoms with Crippen molar-refractivity contribution in [1.82, 2.24) is 9.97 Å². The molecule has 0 radical (unpaired) electrons. The summed E-state index contributed by atoms with van der Waals surface area (Å²) in [5.74, 6) is 0.699. The number of oxazole rings is 1. The van der Waals surface area contributed by atoms with Crippen molar-refractivity contribution in [2.75, 3.05) is 0 Å². The number of benzene rings is 2. The Bertz CT molecular complexity index is 1080. The summed E-state index contributed by atoms with van der Waals surface area (Å²) < 4.78 is 6.37. The molecule has 2 aromatic carbocycles. The van der Waals surface area contributed by atoms with E-state index in [2.05, 4.69) is 30.9 Å². The molecule has 26 heavy (non-hydrogen) atoms. The third kappa shape index (κ3) is 3.23. The summed E-state index contributed by atoms with van der Waals surface area (Å²) in [5.41, 5.74) is 4.56. The summed E-state index contributed by atoms with van der Waals surface area (Å²) in [6, 6.07) is 14.9. The largest absolute Gasteiger partial charge is 0.506 e. The molecule has 4 aromatic rings. The van der Waals surface area contributed by atoms with E-state index < -0.39 is 0 Å². The second kappa shape index (κ2) is 6.72. The summed E-state index contributed by atoms with van der Waals surface area (Å²) in [5, 5.41) is 10.1. The highest BCUT2D eigenvalue weighted by Crippen LogP contribution is 2.29. The van der Waals surface area contributed by atoms with Gasteiger partial charge >= 0.3 is 0 Å². The highest BCUT2D eigenvalue weighted by Gasteiger charge is 2.08. The zero-order valence-electron chi connectivity index (χ0n) is 13.8. The Hall–Kier alpha value is -2.99. The lowest BCUT2D eigenvalue weighted by Gasteiger charge is -2.03. The van der Waals surface area contributed by atoms with Gasteiger partial charge in [0.05, 0.1) is 10.2 Å². The zero-order valence-corrected chi connectivity index (χ0v) is 15.4. The Morgan fingerprint density at radius 1 is 1.15 bits per heavy atom. The molecule has 6 heteroatoms. The van der Waals surface area contributed by atoms with Crippen LogP contribution in [0.5, 0.6) is 5.75 Å². The number of hydrogen-bond donors (Lipinski definition) is 1. The van der Waals surface area contributed by atoms with Gasteiger partial charge in [-0.15, -0.1) is 0 Å². The summed E-state index contributed by atoms with van der Waals surface area (Å²) in [7, 11) is 0. The molecule has 0 bridgehead atoms. The molecular formula is C20H14BrN3O2. The van der Waals surface area contributed by atoms with Crippen LogP contribution < -0.4 is 0 Å². The molecule has 1 N–H and O–H groups in total. The van der Waals surface area contributed by atoms with Crippen molar-refractivity contribution >= 4 is 39.1 Å². The number of halogens is 1. The Morgan fingerprint density at radius 2 is 1.96 bits per heavy atom. The van der Waals surface area contributed by atoms with Crippen molar-refractivity contribution < 1.29 is 9.52 Å². The van der Waals surface area contributed by atoms with E-state index in [-0.39, 0.29) is 5.75 Å². The fourth-order valence-corrected chi connectivity index (χ4v) is 3.18. The van der Waals surface area contributed by atoms with E-state index in [0.717, 1.165) is 16.8 Å². The first kappa shape index (κ1) is 16.5. The predicted molar refractivity (Wildman–Crippen MR) is 105 cm³/mol. The van der Waals surface area contributed by atoms with E-state index in [1.165, 1.54) is 0 Å². The van der Waals surface area contributed by atoms with Gasteiger partial charge in [-0.1, -0.05) is 0 Å². The molecule has 0 aliphatic heterocycles. The summed E-state index contributed by atoms with van der Waals surface area (Å²) in [4.78, 5) is 13.0. The van der Waals surface area contributed by atoms with Crippen molar-refractivity contribution in [3.05, 3.63) is 70.3 Å². The summed E-state index contributed by atoms with van der Waals surface area (Å²) in [6.07, 6.45) is 3.33. The van der Waals surface area contributed by atoms with Gasteiger partial charge in [0.15, 0.2) is 11.2 Å². The number of hydrogen-bond acceptors (Lipinski definition) is 5. The van der Waals surface area contributed by atoms with Crippen LogP contribution in [0.15, 0.2) is 68.6 Å². The van der Waals surface area contributed by atoms with Gasteiger partial charge in [-0.3, -0.25) is 4.99 Å². The van der Waals surface area contributed by atoms with E-state index in [9.17, 15) is 5.11 Å². The van der Waals surface area contributed by atoms with Crippen LogP contribution in [0.1, 0.15) is 11.1 Å². The van der Waals surface area contributed by atoms with Crippen molar-refractivity contribution in [2.45, 2.75) is 6.92 Å². The lowest BCUT2D eigenvalue weighted by Crippen LogP contribution is -1.86. The molecule has 0 aliphatic rings. The molecule has 0 atom stereocenters. The number of rotatable bonds is 3. The second-order valence-electron chi connectivity index (χ2n) is 5.83. The second-order valence-corrected chi connectivity index (χ2v) is 6.69. The van der Waals surface area contributed by atoms with Crippen molar-refractivity contribution in [1.29, 1.82) is 0 Å². The first-order valence-electron chi connectivity index (χ1n) is 7.95. The maximum absolute atomic E-state index is 10.1. The van der Waals surface area contributed by atoms with Gasteiger partial charge in [0.2, 0.25) is 5.89 Å². The minimum atomic E-state index is 0.176. The molecule has 2 heterocycles. The fourth-order valence-electron chi connectivity index (χ4n) is 2.59. The van der Waals surface area contributed by atoms with Crippen LogP contribution in [0.25, 0.3) is 22.7 Å². The minimum absolute atomic E-state index is 0.176. The SMILES string of the molecule is Cc1cc(Br)c(O)c(C=Nc2ccc(-c3nc4ncccc4o3)cc2)c1. The van der Waals surface area contributed by atoms with Crippen LogP contribution in [-0.4, -0.2) is 21.3 Å². The molecule has 128 valence electrons. The number of pyridine rings is 1. The first-order valence-corrected chi connectivity index (χ1v) is 8.74. The van der Waals surface area contributed by atoms with Crippen LogP contribution in [-0.2, 0) is 0 Å². The average molecular weight is 408 g/mol. The monoisotopic (exact) mass is 407 g/mol. The number of aryl methyl sites for hydroxylation is 1. The molecule has 0 aliphatic carbocycles. The molecule has 5 nitrogen and oxygen atoms in total. The number of aliphatic imine (C=N–C) groups is 1. The number of nitrogens with zero attached hydrogens (tertiary/aromatic N) is 3. The molecule has 0 saturated heterocycles. The quantitative estimate of drug-likeness (QED) is 0.460. The number of fused-ring (bicyclic) bond motifs is 1. The highest BCUT2D eigenvalue weighted by atomic mass is 79.9. The summed E-state index contributed by atoms with van der Waals surface area (Å²) in [6.45, 7) is 1.96. The van der Waals surface area contributed by atoms with E-state index in [1.54, 1.807) is 12.4 Å². The molecular weight excluding hydrogens is 394 g/mol. The molecule has 0 fully saturated rings. The third-order valence-electron chi connectivity index (χ3n) is 3.87. The number of phenolic OH excluding ortho intramolecular Hbond substituents is 1. The predicted octanol–water partition coefficient (Wildman–Crippen LogP) is 5.42. The summed E-state index contributed by atoms with van der Waals surface area (Å²) >= 11 is 3.34. The van der Waals surface area contributed by atoms with Crippen LogP contribution in [0.4, 0.5) is 5.69 Å². The normalized spacial score (nSPS) is 11.5. The lowest BCUT2D eigenvalue weighted by atomic mass is 10.1. The van der Waals surface area contributed by atoms with Crippen LogP contribution >= 0.6 is 15.9 Å². The Morgan fingerprint density at radius 3 is 2.73 bits per heavy atom. The Balaban J connectivity index is 1.60. The van der Waals surface area contributed by atoms with Gasteiger partial charge in [0, 0.05) is 23.5 Å². The molecule has 4 rings (SSSR count). The standard InChI is InChI=1S/C20H14BrN3O2/c1-12-9-14(18(25)16(21)10-12)11-23-15-6-4-13(5-7-15)20-24-19-17(26-20)3-2-8-22-19/h2-11,25H,1H3. The topological polar surface area (TPSA) is 71.5 Å². The van der Waals surface area contributed by atoms with E-state index in [4.69, 9.17) is 4.42 Å².